The van der Waals surface area contributed by atoms with E-state index in [-0.39, 0.29) is 18.4 Å². The molecule has 2 aromatic carbocycles. The first-order valence-electron chi connectivity index (χ1n) is 8.78. The van der Waals surface area contributed by atoms with Gasteiger partial charge >= 0.3 is 0 Å². The van der Waals surface area contributed by atoms with Gasteiger partial charge < -0.3 is 20.5 Å². The van der Waals surface area contributed by atoms with Crippen molar-refractivity contribution >= 4 is 28.8 Å². The summed E-state index contributed by atoms with van der Waals surface area (Å²) in [7, 11) is 0. The molecule has 0 saturated carbocycles. The van der Waals surface area contributed by atoms with Crippen molar-refractivity contribution in [1.82, 2.24) is 5.32 Å². The Morgan fingerprint density at radius 3 is 2.68 bits per heavy atom. The lowest BCUT2D eigenvalue weighted by molar-refractivity contribution is -0.118. The molecule has 2 atom stereocenters. The highest BCUT2D eigenvalue weighted by Crippen LogP contribution is 2.29. The molecule has 2 amide bonds. The van der Waals surface area contributed by atoms with Crippen LogP contribution in [0, 0.1) is 0 Å². The van der Waals surface area contributed by atoms with Crippen LogP contribution in [0.25, 0.3) is 0 Å². The minimum absolute atomic E-state index is 0.0411. The van der Waals surface area contributed by atoms with E-state index in [0.717, 1.165) is 5.56 Å². The van der Waals surface area contributed by atoms with Crippen LogP contribution in [0.1, 0.15) is 26.2 Å². The van der Waals surface area contributed by atoms with Gasteiger partial charge in [-0.1, -0.05) is 42.5 Å². The third-order valence-electron chi connectivity index (χ3n) is 4.41. The first kappa shape index (κ1) is 18.2. The van der Waals surface area contributed by atoms with Crippen LogP contribution in [0.15, 0.2) is 66.7 Å². The van der Waals surface area contributed by atoms with E-state index in [1.54, 1.807) is 30.3 Å². The molecule has 0 saturated heterocycles. The number of rotatable bonds is 4. The third-order valence-corrected chi connectivity index (χ3v) is 5.54. The van der Waals surface area contributed by atoms with Gasteiger partial charge in [-0.25, -0.2) is 0 Å². The Balaban J connectivity index is 1.45. The first-order valence-corrected chi connectivity index (χ1v) is 9.60. The largest absolute Gasteiger partial charge is 0.489 e. The summed E-state index contributed by atoms with van der Waals surface area (Å²) in [6.07, 6.45) is -0.799. The maximum atomic E-state index is 12.6. The number of ether oxygens (including phenoxy) is 1. The standard InChI is InChI=1S/C21H18N2O4S/c24-19(13-6-2-1-3-7-13)17-10-11-18(28-17)21(26)23-15-12-27-16-9-5-4-8-14(16)22-20(15)25/h1-11,15,19,24H,12H2,(H,22,25)(H,23,26). The average Bonchev–Trinajstić information content (AvgIpc) is 3.16. The number of hydrogen-bond donors (Lipinski definition) is 3. The Morgan fingerprint density at radius 1 is 1.11 bits per heavy atom. The number of anilines is 1. The van der Waals surface area contributed by atoms with E-state index in [1.807, 2.05) is 36.4 Å². The highest BCUT2D eigenvalue weighted by molar-refractivity contribution is 7.14. The van der Waals surface area contributed by atoms with Crippen molar-refractivity contribution < 1.29 is 19.4 Å². The second-order valence-electron chi connectivity index (χ2n) is 6.34. The maximum Gasteiger partial charge on any atom is 0.262 e. The average molecular weight is 394 g/mol. The lowest BCUT2D eigenvalue weighted by Crippen LogP contribution is -2.46. The number of carbonyl (C=O) groups is 2. The van der Waals surface area contributed by atoms with Crippen molar-refractivity contribution in [3.8, 4) is 5.75 Å². The van der Waals surface area contributed by atoms with Gasteiger partial charge in [0.25, 0.3) is 11.8 Å². The van der Waals surface area contributed by atoms with Crippen molar-refractivity contribution in [2.45, 2.75) is 12.1 Å². The maximum absolute atomic E-state index is 12.6. The zero-order valence-corrected chi connectivity index (χ0v) is 15.6. The number of para-hydroxylation sites is 2. The molecule has 2 unspecified atom stereocenters. The number of benzene rings is 2. The lowest BCUT2D eigenvalue weighted by atomic mass is 10.1. The summed E-state index contributed by atoms with van der Waals surface area (Å²) in [4.78, 5) is 26.1. The van der Waals surface area contributed by atoms with E-state index in [0.29, 0.717) is 21.2 Å². The summed E-state index contributed by atoms with van der Waals surface area (Å²) in [6, 6.07) is 18.9. The first-order chi connectivity index (χ1) is 13.6. The normalized spacial score (nSPS) is 16.9. The molecule has 28 heavy (non-hydrogen) atoms. The van der Waals surface area contributed by atoms with E-state index in [4.69, 9.17) is 4.74 Å². The van der Waals surface area contributed by atoms with Gasteiger partial charge in [-0.15, -0.1) is 11.3 Å². The Hall–Kier alpha value is -3.16. The lowest BCUT2D eigenvalue weighted by Gasteiger charge is -2.14. The molecule has 0 bridgehead atoms. The number of aliphatic hydroxyl groups excluding tert-OH is 1. The van der Waals surface area contributed by atoms with E-state index < -0.39 is 12.1 Å². The van der Waals surface area contributed by atoms with Gasteiger partial charge in [0.2, 0.25) is 0 Å². The van der Waals surface area contributed by atoms with Gasteiger partial charge in [0.05, 0.1) is 10.6 Å². The van der Waals surface area contributed by atoms with Crippen molar-refractivity contribution in [3.63, 3.8) is 0 Å². The summed E-state index contributed by atoms with van der Waals surface area (Å²) in [6.45, 7) is 0.0411. The molecule has 142 valence electrons. The van der Waals surface area contributed by atoms with E-state index in [1.165, 1.54) is 11.3 Å². The molecule has 6 nitrogen and oxygen atoms in total. The van der Waals surface area contributed by atoms with E-state index in [2.05, 4.69) is 10.6 Å². The van der Waals surface area contributed by atoms with Gasteiger partial charge in [-0.05, 0) is 29.8 Å². The van der Waals surface area contributed by atoms with Crippen LogP contribution in [0.2, 0.25) is 0 Å². The van der Waals surface area contributed by atoms with Gasteiger partial charge in [0.15, 0.2) is 0 Å². The minimum Gasteiger partial charge on any atom is -0.489 e. The summed E-state index contributed by atoms with van der Waals surface area (Å²) in [5, 5.41) is 15.9. The highest BCUT2D eigenvalue weighted by atomic mass is 32.1. The Morgan fingerprint density at radius 2 is 1.86 bits per heavy atom. The Kier molecular flexibility index (Phi) is 5.10. The molecule has 4 rings (SSSR count). The zero-order chi connectivity index (χ0) is 19.5. The number of hydrogen-bond acceptors (Lipinski definition) is 5. The van der Waals surface area contributed by atoms with Crippen LogP contribution in [0.4, 0.5) is 5.69 Å². The number of aliphatic hydroxyl groups is 1. The van der Waals surface area contributed by atoms with Crippen LogP contribution in [-0.4, -0.2) is 29.6 Å². The second-order valence-corrected chi connectivity index (χ2v) is 7.45. The second kappa shape index (κ2) is 7.84. The fourth-order valence-electron chi connectivity index (χ4n) is 2.92. The topological polar surface area (TPSA) is 87.7 Å². The van der Waals surface area contributed by atoms with E-state index in [9.17, 15) is 14.7 Å². The van der Waals surface area contributed by atoms with Crippen molar-refractivity contribution in [2.75, 3.05) is 11.9 Å². The summed E-state index contributed by atoms with van der Waals surface area (Å²) >= 11 is 1.19. The fraction of sp³-hybridized carbons (Fsp3) is 0.143. The van der Waals surface area contributed by atoms with Gasteiger partial charge in [-0.2, -0.15) is 0 Å². The molecule has 2 heterocycles. The molecule has 1 aliphatic heterocycles. The Bertz CT molecular complexity index is 1000. The zero-order valence-electron chi connectivity index (χ0n) is 14.8. The van der Waals surface area contributed by atoms with Gasteiger partial charge in [0, 0.05) is 4.88 Å². The van der Waals surface area contributed by atoms with Crippen LogP contribution >= 0.6 is 11.3 Å². The van der Waals surface area contributed by atoms with Crippen LogP contribution < -0.4 is 15.4 Å². The minimum atomic E-state index is -0.815. The quantitative estimate of drug-likeness (QED) is 0.635. The fourth-order valence-corrected chi connectivity index (χ4v) is 3.85. The monoisotopic (exact) mass is 394 g/mol. The van der Waals surface area contributed by atoms with Crippen molar-refractivity contribution in [2.24, 2.45) is 0 Å². The predicted molar refractivity (Wildman–Crippen MR) is 107 cm³/mol. The molecule has 0 radical (unpaired) electrons. The SMILES string of the molecule is O=C(NC1COc2ccccc2NC1=O)c1ccc(C(O)c2ccccc2)s1. The number of fused-ring (bicyclic) bond motifs is 1. The molecule has 0 spiro atoms. The van der Waals surface area contributed by atoms with E-state index >= 15 is 0 Å². The molecular weight excluding hydrogens is 376 g/mol. The number of carbonyl (C=O) groups excluding carboxylic acids is 2. The smallest absolute Gasteiger partial charge is 0.262 e. The van der Waals surface area contributed by atoms with Gasteiger partial charge in [0.1, 0.15) is 24.5 Å². The molecule has 0 aliphatic carbocycles. The highest BCUT2D eigenvalue weighted by Gasteiger charge is 2.27. The molecule has 7 heteroatoms. The molecule has 3 aromatic rings. The summed E-state index contributed by atoms with van der Waals surface area (Å²) in [5.41, 5.74) is 1.33. The number of amides is 2. The van der Waals surface area contributed by atoms with Crippen LogP contribution in [0.5, 0.6) is 5.75 Å². The number of thiophene rings is 1. The number of nitrogens with one attached hydrogen (secondary N) is 2. The third kappa shape index (κ3) is 3.76. The van der Waals surface area contributed by atoms with Crippen molar-refractivity contribution in [1.29, 1.82) is 0 Å². The molecule has 1 aromatic heterocycles. The molecule has 3 N–H and O–H groups in total. The van der Waals surface area contributed by atoms with Crippen LogP contribution in [-0.2, 0) is 4.79 Å². The van der Waals surface area contributed by atoms with Crippen molar-refractivity contribution in [3.05, 3.63) is 82.0 Å². The van der Waals surface area contributed by atoms with Crippen LogP contribution in [0.3, 0.4) is 0 Å². The summed E-state index contributed by atoms with van der Waals surface area (Å²) in [5.74, 6) is -0.150. The predicted octanol–water partition coefficient (Wildman–Crippen LogP) is 2.96. The molecule has 0 fully saturated rings. The Labute approximate surface area is 165 Å². The summed E-state index contributed by atoms with van der Waals surface area (Å²) < 4.78 is 5.63. The molecular formula is C21H18N2O4S. The van der Waals surface area contributed by atoms with Gasteiger partial charge in [-0.3, -0.25) is 9.59 Å². The molecule has 1 aliphatic rings.